The lowest BCUT2D eigenvalue weighted by molar-refractivity contribution is -0.384. The van der Waals surface area contributed by atoms with Crippen molar-refractivity contribution < 1.29 is 24.3 Å². The summed E-state index contributed by atoms with van der Waals surface area (Å²) >= 11 is 0. The van der Waals surface area contributed by atoms with Crippen molar-refractivity contribution in [2.24, 2.45) is 0 Å². The molecule has 0 unspecified atom stereocenters. The van der Waals surface area contributed by atoms with Crippen LogP contribution in [0.1, 0.15) is 21.5 Å². The van der Waals surface area contributed by atoms with Crippen molar-refractivity contribution in [3.8, 4) is 17.2 Å². The second-order valence-corrected chi connectivity index (χ2v) is 6.36. The number of phenols is 1. The molecule has 0 heterocycles. The zero-order chi connectivity index (χ0) is 21.5. The van der Waals surface area contributed by atoms with Crippen LogP contribution < -0.4 is 9.47 Å². The van der Waals surface area contributed by atoms with Gasteiger partial charge in [0.25, 0.3) is 5.69 Å². The predicted octanol–water partition coefficient (Wildman–Crippen LogP) is 4.78. The van der Waals surface area contributed by atoms with E-state index in [2.05, 4.69) is 0 Å². The lowest BCUT2D eigenvalue weighted by Crippen LogP contribution is -2.00. The van der Waals surface area contributed by atoms with Crippen LogP contribution in [0.4, 0.5) is 5.69 Å². The van der Waals surface area contributed by atoms with E-state index in [1.165, 1.54) is 37.5 Å². The Morgan fingerprint density at radius 3 is 2.57 bits per heavy atom. The number of methoxy groups -OCH3 is 1. The van der Waals surface area contributed by atoms with E-state index < -0.39 is 4.92 Å². The second kappa shape index (κ2) is 9.38. The molecular formula is C23H19NO6. The molecule has 1 N–H and O–H groups in total. The monoisotopic (exact) mass is 405 g/mol. The van der Waals surface area contributed by atoms with E-state index in [1.54, 1.807) is 42.5 Å². The summed E-state index contributed by atoms with van der Waals surface area (Å²) in [6.45, 7) is 0.137. The van der Waals surface area contributed by atoms with E-state index in [-0.39, 0.29) is 23.8 Å². The molecule has 3 aromatic rings. The second-order valence-electron chi connectivity index (χ2n) is 6.36. The van der Waals surface area contributed by atoms with Crippen molar-refractivity contribution in [2.45, 2.75) is 6.61 Å². The minimum atomic E-state index is -0.482. The van der Waals surface area contributed by atoms with Gasteiger partial charge in [0, 0.05) is 17.2 Å². The van der Waals surface area contributed by atoms with Crippen molar-refractivity contribution in [3.63, 3.8) is 0 Å². The normalized spacial score (nSPS) is 10.7. The van der Waals surface area contributed by atoms with Gasteiger partial charge in [0.1, 0.15) is 23.9 Å². The van der Waals surface area contributed by atoms with E-state index in [9.17, 15) is 20.0 Å². The Bertz CT molecular complexity index is 1090. The molecule has 0 aliphatic rings. The molecule has 0 aliphatic carbocycles. The number of allylic oxidation sites excluding steroid dienone is 1. The van der Waals surface area contributed by atoms with Gasteiger partial charge in [-0.25, -0.2) is 0 Å². The summed E-state index contributed by atoms with van der Waals surface area (Å²) in [4.78, 5) is 22.7. The molecule has 152 valence electrons. The fourth-order valence-electron chi connectivity index (χ4n) is 2.76. The van der Waals surface area contributed by atoms with E-state index >= 15 is 0 Å². The molecule has 7 heteroatoms. The van der Waals surface area contributed by atoms with Gasteiger partial charge in [-0.1, -0.05) is 18.2 Å². The third kappa shape index (κ3) is 5.23. The number of non-ortho nitro benzene ring substituents is 1. The Kier molecular flexibility index (Phi) is 6.44. The Labute approximate surface area is 173 Å². The average Bonchev–Trinajstić information content (AvgIpc) is 2.76. The summed E-state index contributed by atoms with van der Waals surface area (Å²) in [7, 11) is 1.54. The summed E-state index contributed by atoms with van der Waals surface area (Å²) in [6, 6.07) is 17.3. The summed E-state index contributed by atoms with van der Waals surface area (Å²) in [5, 5.41) is 20.2. The number of benzene rings is 3. The molecule has 0 aliphatic heterocycles. The molecule has 3 aromatic carbocycles. The van der Waals surface area contributed by atoms with Gasteiger partial charge in [0.2, 0.25) is 0 Å². The molecule has 30 heavy (non-hydrogen) atoms. The highest BCUT2D eigenvalue weighted by molar-refractivity contribution is 6.06. The molecule has 3 rings (SSSR count). The van der Waals surface area contributed by atoms with Gasteiger partial charge in [0.05, 0.1) is 18.1 Å². The van der Waals surface area contributed by atoms with Crippen LogP contribution in [0, 0.1) is 10.1 Å². The van der Waals surface area contributed by atoms with Gasteiger partial charge in [-0.3, -0.25) is 14.9 Å². The van der Waals surface area contributed by atoms with Crippen molar-refractivity contribution in [1.29, 1.82) is 0 Å². The molecule has 0 spiro atoms. The maximum Gasteiger partial charge on any atom is 0.273 e. The molecule has 0 saturated carbocycles. The van der Waals surface area contributed by atoms with Gasteiger partial charge < -0.3 is 14.6 Å². The summed E-state index contributed by atoms with van der Waals surface area (Å²) in [6.07, 6.45) is 3.12. The largest absolute Gasteiger partial charge is 0.508 e. The van der Waals surface area contributed by atoms with Crippen LogP contribution in [0.2, 0.25) is 0 Å². The number of nitro benzene ring substituents is 1. The molecule has 7 nitrogen and oxygen atoms in total. The zero-order valence-corrected chi connectivity index (χ0v) is 16.1. The number of phenolic OH excluding ortho intramolecular Hbond substituents is 1. The van der Waals surface area contributed by atoms with E-state index in [1.807, 2.05) is 6.07 Å². The highest BCUT2D eigenvalue weighted by atomic mass is 16.6. The number of carbonyl (C=O) groups is 1. The van der Waals surface area contributed by atoms with E-state index in [4.69, 9.17) is 9.47 Å². The van der Waals surface area contributed by atoms with Crippen LogP contribution in [0.5, 0.6) is 17.2 Å². The first-order valence-corrected chi connectivity index (χ1v) is 9.02. The topological polar surface area (TPSA) is 98.9 Å². The number of hydrogen-bond donors (Lipinski definition) is 1. The van der Waals surface area contributed by atoms with Crippen LogP contribution in [-0.4, -0.2) is 22.9 Å². The van der Waals surface area contributed by atoms with Crippen molar-refractivity contribution >= 4 is 17.5 Å². The Morgan fingerprint density at radius 1 is 1.10 bits per heavy atom. The number of ether oxygens (including phenoxy) is 2. The maximum absolute atomic E-state index is 12.3. The molecule has 0 saturated heterocycles. The van der Waals surface area contributed by atoms with Gasteiger partial charge in [-0.2, -0.15) is 0 Å². The van der Waals surface area contributed by atoms with Crippen molar-refractivity contribution in [3.05, 3.63) is 99.6 Å². The molecule has 0 bridgehead atoms. The third-order valence-electron chi connectivity index (χ3n) is 4.31. The minimum Gasteiger partial charge on any atom is -0.508 e. The van der Waals surface area contributed by atoms with Crippen molar-refractivity contribution in [2.75, 3.05) is 7.11 Å². The number of rotatable bonds is 8. The number of nitrogens with zero attached hydrogens (tertiary/aromatic N) is 1. The van der Waals surface area contributed by atoms with Crippen LogP contribution in [0.15, 0.2) is 72.8 Å². The third-order valence-corrected chi connectivity index (χ3v) is 4.31. The lowest BCUT2D eigenvalue weighted by Gasteiger charge is -2.11. The summed E-state index contributed by atoms with van der Waals surface area (Å²) < 4.78 is 11.0. The van der Waals surface area contributed by atoms with Gasteiger partial charge in [0.15, 0.2) is 5.78 Å². The first-order valence-electron chi connectivity index (χ1n) is 9.02. The SMILES string of the molecule is COc1ccc(/C=C/C(=O)c2ccc(O)cc2)cc1COc1cccc([N+](=O)[O-])c1. The Morgan fingerprint density at radius 2 is 1.87 bits per heavy atom. The first kappa shape index (κ1) is 20.6. The van der Waals surface area contributed by atoms with Crippen LogP contribution >= 0.6 is 0 Å². The van der Waals surface area contributed by atoms with E-state index in [0.717, 1.165) is 11.1 Å². The summed E-state index contributed by atoms with van der Waals surface area (Å²) in [5.41, 5.74) is 1.90. The predicted molar refractivity (Wildman–Crippen MR) is 112 cm³/mol. The standard InChI is InChI=1S/C23H19NO6/c1-29-23-12-6-16(5-11-22(26)17-7-9-20(25)10-8-17)13-18(23)15-30-21-4-2-3-19(14-21)24(27)28/h2-14,25H,15H2,1H3/b11-5+. The molecule has 0 aromatic heterocycles. The van der Waals surface area contributed by atoms with Crippen molar-refractivity contribution in [1.82, 2.24) is 0 Å². The smallest absolute Gasteiger partial charge is 0.273 e. The number of nitro groups is 1. The average molecular weight is 405 g/mol. The molecule has 0 amide bonds. The first-order chi connectivity index (χ1) is 14.5. The van der Waals surface area contributed by atoms with Crippen LogP contribution in [0.25, 0.3) is 6.08 Å². The highest BCUT2D eigenvalue weighted by Crippen LogP contribution is 2.25. The lowest BCUT2D eigenvalue weighted by atomic mass is 10.1. The number of aromatic hydroxyl groups is 1. The maximum atomic E-state index is 12.3. The van der Waals surface area contributed by atoms with E-state index in [0.29, 0.717) is 17.1 Å². The van der Waals surface area contributed by atoms with Crippen LogP contribution in [0.3, 0.4) is 0 Å². The fourth-order valence-corrected chi connectivity index (χ4v) is 2.76. The number of hydrogen-bond acceptors (Lipinski definition) is 6. The zero-order valence-electron chi connectivity index (χ0n) is 16.1. The Balaban J connectivity index is 1.74. The molecule has 0 atom stereocenters. The molecular weight excluding hydrogens is 386 g/mol. The molecule has 0 fully saturated rings. The fraction of sp³-hybridized carbons (Fsp3) is 0.0870. The number of carbonyl (C=O) groups excluding carboxylic acids is 1. The summed E-state index contributed by atoms with van der Waals surface area (Å²) in [5.74, 6) is 0.872. The van der Waals surface area contributed by atoms with Gasteiger partial charge in [-0.05, 0) is 54.1 Å². The highest BCUT2D eigenvalue weighted by Gasteiger charge is 2.09. The number of ketones is 1. The van der Waals surface area contributed by atoms with Gasteiger partial charge in [-0.15, -0.1) is 0 Å². The quantitative estimate of drug-likeness (QED) is 0.250. The minimum absolute atomic E-state index is 0.0520. The van der Waals surface area contributed by atoms with Gasteiger partial charge >= 0.3 is 0 Å². The van der Waals surface area contributed by atoms with Crippen LogP contribution in [-0.2, 0) is 6.61 Å². The molecule has 0 radical (unpaired) electrons. The Hall–Kier alpha value is -4.13.